The Morgan fingerprint density at radius 2 is 1.88 bits per heavy atom. The monoisotopic (exact) mass is 395 g/mol. The summed E-state index contributed by atoms with van der Waals surface area (Å²) >= 11 is 17.7. The van der Waals surface area contributed by atoms with Crippen LogP contribution in [-0.2, 0) is 11.3 Å². The van der Waals surface area contributed by atoms with E-state index in [-0.39, 0.29) is 6.10 Å². The lowest BCUT2D eigenvalue weighted by atomic mass is 10.2. The molecule has 25 heavy (non-hydrogen) atoms. The van der Waals surface area contributed by atoms with E-state index in [1.807, 2.05) is 30.3 Å². The molecule has 0 unspecified atom stereocenters. The summed E-state index contributed by atoms with van der Waals surface area (Å²) in [6.07, 6.45) is 2.48. The molecule has 0 radical (unpaired) electrons. The molecule has 3 nitrogen and oxygen atoms in total. The second kappa shape index (κ2) is 8.86. The van der Waals surface area contributed by atoms with Crippen molar-refractivity contribution < 1.29 is 9.47 Å². The fourth-order valence-corrected chi connectivity index (χ4v) is 3.37. The molecular weight excluding hydrogens is 377 g/mol. The number of nitrogens with one attached hydrogen (secondary N) is 1. The molecule has 3 rings (SSSR count). The lowest BCUT2D eigenvalue weighted by molar-refractivity contribution is 0.114. The van der Waals surface area contributed by atoms with Crippen molar-refractivity contribution >= 4 is 40.4 Å². The fourth-order valence-electron chi connectivity index (χ4n) is 2.64. The molecule has 1 atom stereocenters. The molecule has 1 fully saturated rings. The average Bonchev–Trinajstić information content (AvgIpc) is 3.13. The largest absolute Gasteiger partial charge is 0.489 e. The van der Waals surface area contributed by atoms with Crippen LogP contribution in [0, 0.1) is 0 Å². The molecule has 2 aromatic carbocycles. The third-order valence-electron chi connectivity index (χ3n) is 4.08. The van der Waals surface area contributed by atoms with E-state index in [0.717, 1.165) is 47.9 Å². The van der Waals surface area contributed by atoms with Crippen molar-refractivity contribution in [1.29, 1.82) is 0 Å². The number of halogens is 2. The molecule has 1 aliphatic rings. The summed E-state index contributed by atoms with van der Waals surface area (Å²) in [6, 6.07) is 13.1. The van der Waals surface area contributed by atoms with Gasteiger partial charge in [0, 0.05) is 34.3 Å². The fraction of sp³-hybridized carbons (Fsp3) is 0.316. The van der Waals surface area contributed by atoms with Crippen LogP contribution in [0.15, 0.2) is 42.5 Å². The van der Waals surface area contributed by atoms with Crippen molar-refractivity contribution in [1.82, 2.24) is 5.32 Å². The highest BCUT2D eigenvalue weighted by atomic mass is 35.5. The van der Waals surface area contributed by atoms with Gasteiger partial charge in [0.05, 0.1) is 6.10 Å². The Hall–Kier alpha value is -1.33. The minimum absolute atomic E-state index is 0.265. The zero-order valence-electron chi connectivity index (χ0n) is 13.6. The minimum Gasteiger partial charge on any atom is -0.489 e. The van der Waals surface area contributed by atoms with Crippen LogP contribution >= 0.6 is 35.4 Å². The number of rotatable bonds is 6. The van der Waals surface area contributed by atoms with E-state index in [2.05, 4.69) is 5.32 Å². The Morgan fingerprint density at radius 1 is 1.16 bits per heavy atom. The first-order valence-electron chi connectivity index (χ1n) is 8.19. The van der Waals surface area contributed by atoms with E-state index in [4.69, 9.17) is 44.9 Å². The quantitative estimate of drug-likeness (QED) is 0.695. The summed E-state index contributed by atoms with van der Waals surface area (Å²) in [5, 5.41) is 4.47. The molecule has 1 N–H and O–H groups in total. The zero-order valence-corrected chi connectivity index (χ0v) is 16.0. The van der Waals surface area contributed by atoms with Gasteiger partial charge in [-0.2, -0.15) is 0 Å². The molecule has 0 saturated carbocycles. The highest BCUT2D eigenvalue weighted by molar-refractivity contribution is 7.80. The van der Waals surface area contributed by atoms with Crippen molar-refractivity contribution in [2.24, 2.45) is 0 Å². The lowest BCUT2D eigenvalue weighted by Crippen LogP contribution is -2.31. The third-order valence-corrected chi connectivity index (χ3v) is 5.16. The van der Waals surface area contributed by atoms with Crippen LogP contribution in [0.5, 0.6) is 5.75 Å². The van der Waals surface area contributed by atoms with Gasteiger partial charge < -0.3 is 14.8 Å². The molecule has 6 heteroatoms. The zero-order chi connectivity index (χ0) is 17.6. The van der Waals surface area contributed by atoms with E-state index in [1.54, 1.807) is 12.1 Å². The predicted octanol–water partition coefficient (Wildman–Crippen LogP) is 5.02. The van der Waals surface area contributed by atoms with Gasteiger partial charge >= 0.3 is 0 Å². The average molecular weight is 396 g/mol. The number of benzene rings is 2. The highest BCUT2D eigenvalue weighted by Crippen LogP contribution is 2.26. The summed E-state index contributed by atoms with van der Waals surface area (Å²) in [4.78, 5) is 0.719. The van der Waals surface area contributed by atoms with E-state index in [1.165, 1.54) is 0 Å². The normalized spacial score (nSPS) is 16.6. The Bertz CT molecular complexity index is 710. The summed E-state index contributed by atoms with van der Waals surface area (Å²) in [5.41, 5.74) is 1.74. The number of ether oxygens (including phenoxy) is 2. The third kappa shape index (κ3) is 5.08. The van der Waals surface area contributed by atoms with E-state index in [9.17, 15) is 0 Å². The van der Waals surface area contributed by atoms with Crippen LogP contribution in [0.2, 0.25) is 10.0 Å². The molecule has 1 heterocycles. The van der Waals surface area contributed by atoms with Crippen LogP contribution in [0.1, 0.15) is 24.0 Å². The van der Waals surface area contributed by atoms with Crippen LogP contribution in [-0.4, -0.2) is 24.2 Å². The smallest absolute Gasteiger partial charge is 0.119 e. The van der Waals surface area contributed by atoms with Gasteiger partial charge in [-0.1, -0.05) is 41.5 Å². The maximum absolute atomic E-state index is 6.15. The molecule has 1 saturated heterocycles. The molecule has 1 aliphatic heterocycles. The van der Waals surface area contributed by atoms with Gasteiger partial charge in [0.1, 0.15) is 17.3 Å². The maximum Gasteiger partial charge on any atom is 0.119 e. The van der Waals surface area contributed by atoms with Gasteiger partial charge in [0.15, 0.2) is 0 Å². The highest BCUT2D eigenvalue weighted by Gasteiger charge is 2.15. The Balaban J connectivity index is 1.53. The first-order valence-corrected chi connectivity index (χ1v) is 9.35. The Labute approximate surface area is 163 Å². The molecular formula is C19H19Cl2NO2S. The van der Waals surface area contributed by atoms with Crippen LogP contribution in [0.25, 0.3) is 0 Å². The summed E-state index contributed by atoms with van der Waals surface area (Å²) in [5.74, 6) is 0.738. The van der Waals surface area contributed by atoms with Gasteiger partial charge in [-0.3, -0.25) is 0 Å². The van der Waals surface area contributed by atoms with E-state index >= 15 is 0 Å². The van der Waals surface area contributed by atoms with Crippen molar-refractivity contribution in [3.8, 4) is 5.75 Å². The van der Waals surface area contributed by atoms with E-state index in [0.29, 0.717) is 16.7 Å². The molecule has 0 amide bonds. The Morgan fingerprint density at radius 3 is 2.52 bits per heavy atom. The Kier molecular flexibility index (Phi) is 6.54. The lowest BCUT2D eigenvalue weighted by Gasteiger charge is -2.13. The number of hydrogen-bond acceptors (Lipinski definition) is 3. The van der Waals surface area contributed by atoms with Gasteiger partial charge in [-0.25, -0.2) is 0 Å². The van der Waals surface area contributed by atoms with Crippen molar-refractivity contribution in [2.75, 3.05) is 13.2 Å². The van der Waals surface area contributed by atoms with E-state index < -0.39 is 0 Å². The predicted molar refractivity (Wildman–Crippen MR) is 106 cm³/mol. The minimum atomic E-state index is 0.265. The van der Waals surface area contributed by atoms with Crippen LogP contribution in [0.4, 0.5) is 0 Å². The van der Waals surface area contributed by atoms with Gasteiger partial charge in [0.25, 0.3) is 0 Å². The first-order chi connectivity index (χ1) is 12.1. The summed E-state index contributed by atoms with van der Waals surface area (Å²) in [6.45, 7) is 1.92. The number of thiocarbonyl (C=S) groups is 1. The van der Waals surface area contributed by atoms with Crippen molar-refractivity contribution in [3.63, 3.8) is 0 Å². The standard InChI is InChI=1S/C19H19Cl2NO2S/c20-17-4-1-5-18(21)16(17)12-24-14-8-6-13(7-9-14)19(25)22-11-15-3-2-10-23-15/h1,4-9,15H,2-3,10-12H2,(H,22,25)/t15-/m0/s1. The second-order valence-corrected chi connectivity index (χ2v) is 7.08. The molecule has 0 aliphatic carbocycles. The molecule has 0 spiro atoms. The van der Waals surface area contributed by atoms with Crippen LogP contribution < -0.4 is 10.1 Å². The van der Waals surface area contributed by atoms with Crippen molar-refractivity contribution in [2.45, 2.75) is 25.6 Å². The second-order valence-electron chi connectivity index (χ2n) is 5.86. The molecule has 0 bridgehead atoms. The summed E-state index contributed by atoms with van der Waals surface area (Å²) < 4.78 is 11.4. The van der Waals surface area contributed by atoms with Gasteiger partial charge in [0.2, 0.25) is 0 Å². The molecule has 2 aromatic rings. The number of hydrogen-bond donors (Lipinski definition) is 1. The molecule has 0 aromatic heterocycles. The first kappa shape index (κ1) is 18.5. The van der Waals surface area contributed by atoms with Gasteiger partial charge in [-0.05, 0) is 49.2 Å². The van der Waals surface area contributed by atoms with Gasteiger partial charge in [-0.15, -0.1) is 0 Å². The SMILES string of the molecule is S=C(NC[C@@H]1CCCO1)c1ccc(OCc2c(Cl)cccc2Cl)cc1. The van der Waals surface area contributed by atoms with Crippen LogP contribution in [0.3, 0.4) is 0 Å². The molecule has 132 valence electrons. The topological polar surface area (TPSA) is 30.5 Å². The summed E-state index contributed by atoms with van der Waals surface area (Å²) in [7, 11) is 0. The maximum atomic E-state index is 6.15. The van der Waals surface area contributed by atoms with Crippen molar-refractivity contribution in [3.05, 3.63) is 63.6 Å².